The summed E-state index contributed by atoms with van der Waals surface area (Å²) in [6.07, 6.45) is 5.02. The van der Waals surface area contributed by atoms with Crippen LogP contribution in [0, 0.1) is 11.8 Å². The predicted octanol–water partition coefficient (Wildman–Crippen LogP) is 1.51. The van der Waals surface area contributed by atoms with Gasteiger partial charge in [0.05, 0.1) is 11.5 Å². The molecule has 110 valence electrons. The Labute approximate surface area is 114 Å². The van der Waals surface area contributed by atoms with E-state index < -0.39 is 17.4 Å². The molecule has 1 aliphatic carbocycles. The number of nitrogens with two attached hydrogens (primary N) is 1. The van der Waals surface area contributed by atoms with E-state index >= 15 is 0 Å². The molecular formula is C14H26N2O3. The van der Waals surface area contributed by atoms with Crippen LogP contribution in [0.25, 0.3) is 0 Å². The quantitative estimate of drug-likeness (QED) is 0.682. The smallest absolute Gasteiger partial charge is 0.308 e. The predicted molar refractivity (Wildman–Crippen MR) is 73.6 cm³/mol. The molecule has 1 aliphatic rings. The lowest BCUT2D eigenvalue weighted by molar-refractivity contribution is -0.142. The normalized spacial score (nSPS) is 20.0. The van der Waals surface area contributed by atoms with Gasteiger partial charge in [0.2, 0.25) is 5.91 Å². The first-order chi connectivity index (χ1) is 8.85. The number of carboxylic acids is 1. The Hall–Kier alpha value is -1.10. The van der Waals surface area contributed by atoms with Crippen LogP contribution in [0.15, 0.2) is 0 Å². The summed E-state index contributed by atoms with van der Waals surface area (Å²) in [5, 5.41) is 11.9. The van der Waals surface area contributed by atoms with E-state index in [-0.39, 0.29) is 12.5 Å². The molecule has 0 spiro atoms. The van der Waals surface area contributed by atoms with Gasteiger partial charge in [0, 0.05) is 6.54 Å². The van der Waals surface area contributed by atoms with Crippen molar-refractivity contribution in [3.05, 3.63) is 0 Å². The van der Waals surface area contributed by atoms with Crippen LogP contribution in [0.5, 0.6) is 0 Å². The summed E-state index contributed by atoms with van der Waals surface area (Å²) in [5.41, 5.74) is 5.31. The third-order valence-electron chi connectivity index (χ3n) is 3.81. The minimum Gasteiger partial charge on any atom is -0.481 e. The summed E-state index contributed by atoms with van der Waals surface area (Å²) in [5.74, 6) is -1.29. The summed E-state index contributed by atoms with van der Waals surface area (Å²) in [6.45, 7) is 4.12. The molecule has 5 heteroatoms. The Morgan fingerprint density at radius 1 is 1.26 bits per heavy atom. The number of aliphatic carboxylic acids is 1. The number of rotatable bonds is 6. The molecule has 5 nitrogen and oxygen atoms in total. The molecule has 0 aliphatic heterocycles. The van der Waals surface area contributed by atoms with E-state index in [1.54, 1.807) is 0 Å². The van der Waals surface area contributed by atoms with Crippen LogP contribution in [0.2, 0.25) is 0 Å². The van der Waals surface area contributed by atoms with Crippen LogP contribution in [-0.4, -0.2) is 29.1 Å². The molecule has 1 unspecified atom stereocenters. The van der Waals surface area contributed by atoms with Gasteiger partial charge in [-0.25, -0.2) is 0 Å². The lowest BCUT2D eigenvalue weighted by Gasteiger charge is -2.32. The van der Waals surface area contributed by atoms with Crippen LogP contribution < -0.4 is 11.1 Å². The molecule has 0 saturated heterocycles. The fourth-order valence-electron chi connectivity index (χ4n) is 2.64. The van der Waals surface area contributed by atoms with Gasteiger partial charge < -0.3 is 16.2 Å². The van der Waals surface area contributed by atoms with Crippen molar-refractivity contribution in [2.45, 2.75) is 57.9 Å². The highest BCUT2D eigenvalue weighted by Gasteiger charge is 2.35. The molecule has 19 heavy (non-hydrogen) atoms. The minimum atomic E-state index is -0.858. The second-order valence-electron chi connectivity index (χ2n) is 6.09. The first-order valence-electron chi connectivity index (χ1n) is 7.15. The molecule has 0 heterocycles. The van der Waals surface area contributed by atoms with Crippen LogP contribution in [-0.2, 0) is 9.59 Å². The van der Waals surface area contributed by atoms with Gasteiger partial charge in [-0.2, -0.15) is 0 Å². The van der Waals surface area contributed by atoms with Gasteiger partial charge in [-0.15, -0.1) is 0 Å². The summed E-state index contributed by atoms with van der Waals surface area (Å²) in [7, 11) is 0. The lowest BCUT2D eigenvalue weighted by atomic mass is 9.82. The van der Waals surface area contributed by atoms with Crippen molar-refractivity contribution in [2.75, 3.05) is 6.54 Å². The molecule has 4 N–H and O–H groups in total. The van der Waals surface area contributed by atoms with Crippen LogP contribution >= 0.6 is 0 Å². The topological polar surface area (TPSA) is 92.4 Å². The van der Waals surface area contributed by atoms with Crippen LogP contribution in [0.4, 0.5) is 0 Å². The average Bonchev–Trinajstić information content (AvgIpc) is 2.34. The number of hydrogen-bond acceptors (Lipinski definition) is 3. The first kappa shape index (κ1) is 16.0. The van der Waals surface area contributed by atoms with Crippen molar-refractivity contribution >= 4 is 11.9 Å². The van der Waals surface area contributed by atoms with Crippen molar-refractivity contribution in [1.29, 1.82) is 0 Å². The molecule has 0 bridgehead atoms. The maximum atomic E-state index is 12.1. The van der Waals surface area contributed by atoms with Crippen molar-refractivity contribution in [3.8, 4) is 0 Å². The van der Waals surface area contributed by atoms with Gasteiger partial charge in [0.1, 0.15) is 0 Å². The molecule has 1 fully saturated rings. The summed E-state index contributed by atoms with van der Waals surface area (Å²) < 4.78 is 0. The van der Waals surface area contributed by atoms with E-state index in [2.05, 4.69) is 5.32 Å². The van der Waals surface area contributed by atoms with Gasteiger partial charge in [0.15, 0.2) is 0 Å². The zero-order valence-corrected chi connectivity index (χ0v) is 11.9. The summed E-state index contributed by atoms with van der Waals surface area (Å²) in [6, 6.07) is 0. The van der Waals surface area contributed by atoms with E-state index in [0.29, 0.717) is 25.2 Å². The van der Waals surface area contributed by atoms with Crippen molar-refractivity contribution in [3.63, 3.8) is 0 Å². The van der Waals surface area contributed by atoms with E-state index in [1.165, 1.54) is 0 Å². The Morgan fingerprint density at radius 3 is 2.32 bits per heavy atom. The molecule has 0 radical (unpaired) electrons. The van der Waals surface area contributed by atoms with Gasteiger partial charge in [-0.1, -0.05) is 33.1 Å². The number of carboxylic acid groups (broad SMARTS) is 1. The van der Waals surface area contributed by atoms with Gasteiger partial charge in [0.25, 0.3) is 0 Å². The monoisotopic (exact) mass is 270 g/mol. The highest BCUT2D eigenvalue weighted by Crippen LogP contribution is 2.26. The molecule has 1 atom stereocenters. The maximum absolute atomic E-state index is 12.1. The Balaban J connectivity index is 2.49. The van der Waals surface area contributed by atoms with Crippen molar-refractivity contribution in [2.24, 2.45) is 17.6 Å². The summed E-state index contributed by atoms with van der Waals surface area (Å²) in [4.78, 5) is 23.2. The number of nitrogens with one attached hydrogen (secondary N) is 1. The molecule has 1 amide bonds. The third-order valence-corrected chi connectivity index (χ3v) is 3.81. The molecule has 0 aromatic rings. The number of carbonyl (C=O) groups excluding carboxylic acids is 1. The number of amides is 1. The van der Waals surface area contributed by atoms with Crippen LogP contribution in [0.3, 0.4) is 0 Å². The minimum absolute atomic E-state index is 0.172. The van der Waals surface area contributed by atoms with Crippen molar-refractivity contribution in [1.82, 2.24) is 5.32 Å². The van der Waals surface area contributed by atoms with E-state index in [9.17, 15) is 9.59 Å². The second-order valence-corrected chi connectivity index (χ2v) is 6.09. The molecule has 0 aromatic heterocycles. The second kappa shape index (κ2) is 6.89. The molecule has 1 rings (SSSR count). The Kier molecular flexibility index (Phi) is 5.79. The fraction of sp³-hybridized carbons (Fsp3) is 0.857. The Bertz CT molecular complexity index is 323. The lowest BCUT2D eigenvalue weighted by Crippen LogP contribution is -2.55. The van der Waals surface area contributed by atoms with Gasteiger partial charge >= 0.3 is 5.97 Å². The molecular weight excluding hydrogens is 244 g/mol. The average molecular weight is 270 g/mol. The van der Waals surface area contributed by atoms with E-state index in [1.807, 2.05) is 13.8 Å². The maximum Gasteiger partial charge on any atom is 0.308 e. The molecule has 0 aromatic carbocycles. The molecule has 1 saturated carbocycles. The SMILES string of the molecule is CC(C)CC(CNC(=O)C1(N)CCCCC1)C(=O)O. The Morgan fingerprint density at radius 2 is 1.84 bits per heavy atom. The highest BCUT2D eigenvalue weighted by atomic mass is 16.4. The number of carbonyl (C=O) groups is 2. The highest BCUT2D eigenvalue weighted by molar-refractivity contribution is 5.86. The fourth-order valence-corrected chi connectivity index (χ4v) is 2.64. The number of hydrogen-bond donors (Lipinski definition) is 3. The van der Waals surface area contributed by atoms with Gasteiger partial charge in [-0.05, 0) is 25.2 Å². The first-order valence-corrected chi connectivity index (χ1v) is 7.15. The van der Waals surface area contributed by atoms with Crippen molar-refractivity contribution < 1.29 is 14.7 Å². The third kappa shape index (κ3) is 4.82. The van der Waals surface area contributed by atoms with E-state index in [4.69, 9.17) is 10.8 Å². The zero-order chi connectivity index (χ0) is 14.5. The standard InChI is InChI=1S/C14H26N2O3/c1-10(2)8-11(12(17)18)9-16-13(19)14(15)6-4-3-5-7-14/h10-11H,3-9,15H2,1-2H3,(H,16,19)(H,17,18). The summed E-state index contributed by atoms with van der Waals surface area (Å²) >= 11 is 0. The zero-order valence-electron chi connectivity index (χ0n) is 11.9. The largest absolute Gasteiger partial charge is 0.481 e. The van der Waals surface area contributed by atoms with Crippen LogP contribution in [0.1, 0.15) is 52.4 Å². The van der Waals surface area contributed by atoms with E-state index in [0.717, 1.165) is 19.3 Å². The van der Waals surface area contributed by atoms with Gasteiger partial charge in [-0.3, -0.25) is 9.59 Å².